The first-order valence-corrected chi connectivity index (χ1v) is 11.2. The molecule has 0 rings (SSSR count). The molecule has 0 aromatic rings. The van der Waals surface area contributed by atoms with Gasteiger partial charge in [0.25, 0.3) is 0 Å². The van der Waals surface area contributed by atoms with Crippen molar-refractivity contribution in [1.82, 2.24) is 10.6 Å². The minimum atomic E-state index is -0.0200. The van der Waals surface area contributed by atoms with Gasteiger partial charge >= 0.3 is 0 Å². The number of halogens is 1. The SMILES string of the molecule is CC(C)NCCCCCOCCOCCOCCOCCNC(=O)C(C)I. The minimum Gasteiger partial charge on any atom is -0.379 e. The fourth-order valence-corrected chi connectivity index (χ4v) is 2.27. The molecule has 0 saturated heterocycles. The third kappa shape index (κ3) is 22.2. The van der Waals surface area contributed by atoms with Crippen molar-refractivity contribution in [3.63, 3.8) is 0 Å². The summed E-state index contributed by atoms with van der Waals surface area (Å²) in [6.45, 7) is 12.5. The van der Waals surface area contributed by atoms with Crippen molar-refractivity contribution >= 4 is 28.5 Å². The first-order chi connectivity index (χ1) is 13.0. The molecule has 27 heavy (non-hydrogen) atoms. The standard InChI is InChI=1S/C19H39IN2O5/c1-17(2)21-7-5-4-6-9-24-11-13-26-15-16-27-14-12-25-10-8-22-19(23)18(3)20/h17-18,21H,4-16H2,1-3H3,(H,22,23). The highest BCUT2D eigenvalue weighted by atomic mass is 127. The molecule has 8 heteroatoms. The Morgan fingerprint density at radius 1 is 0.741 bits per heavy atom. The Bertz CT molecular complexity index is 333. The highest BCUT2D eigenvalue weighted by Crippen LogP contribution is 1.97. The van der Waals surface area contributed by atoms with Crippen LogP contribution in [0.3, 0.4) is 0 Å². The van der Waals surface area contributed by atoms with Crippen molar-refractivity contribution in [2.45, 2.75) is 50.0 Å². The molecule has 0 aromatic carbocycles. The average Bonchev–Trinajstić information content (AvgIpc) is 2.63. The van der Waals surface area contributed by atoms with Gasteiger partial charge in [0, 0.05) is 19.2 Å². The van der Waals surface area contributed by atoms with E-state index in [1.54, 1.807) is 0 Å². The topological polar surface area (TPSA) is 78.1 Å². The molecule has 1 amide bonds. The number of ether oxygens (including phenoxy) is 4. The molecule has 162 valence electrons. The van der Waals surface area contributed by atoms with E-state index in [2.05, 4.69) is 47.1 Å². The molecule has 0 aromatic heterocycles. The van der Waals surface area contributed by atoms with Crippen LogP contribution in [0.4, 0.5) is 0 Å². The van der Waals surface area contributed by atoms with E-state index in [1.807, 2.05) is 6.92 Å². The van der Waals surface area contributed by atoms with E-state index < -0.39 is 0 Å². The summed E-state index contributed by atoms with van der Waals surface area (Å²) in [5.41, 5.74) is 0. The Morgan fingerprint density at radius 3 is 1.78 bits per heavy atom. The van der Waals surface area contributed by atoms with Crippen molar-refractivity contribution in [2.75, 3.05) is 65.9 Å². The van der Waals surface area contributed by atoms with Gasteiger partial charge in [-0.1, -0.05) is 36.4 Å². The fraction of sp³-hybridized carbons (Fsp3) is 0.947. The zero-order chi connectivity index (χ0) is 20.2. The van der Waals surface area contributed by atoms with Gasteiger partial charge < -0.3 is 29.6 Å². The molecule has 0 aliphatic carbocycles. The van der Waals surface area contributed by atoms with Gasteiger partial charge in [-0.2, -0.15) is 0 Å². The largest absolute Gasteiger partial charge is 0.379 e. The maximum atomic E-state index is 11.3. The number of rotatable bonds is 20. The lowest BCUT2D eigenvalue weighted by Crippen LogP contribution is -2.32. The van der Waals surface area contributed by atoms with Crippen LogP contribution in [0, 0.1) is 0 Å². The molecule has 0 spiro atoms. The van der Waals surface area contributed by atoms with Crippen LogP contribution < -0.4 is 10.6 Å². The summed E-state index contributed by atoms with van der Waals surface area (Å²) in [7, 11) is 0. The Labute approximate surface area is 178 Å². The lowest BCUT2D eigenvalue weighted by molar-refractivity contribution is -0.120. The Kier molecular flexibility index (Phi) is 20.7. The van der Waals surface area contributed by atoms with E-state index in [-0.39, 0.29) is 9.83 Å². The van der Waals surface area contributed by atoms with Gasteiger partial charge in [0.15, 0.2) is 0 Å². The van der Waals surface area contributed by atoms with E-state index in [1.165, 1.54) is 12.8 Å². The Balaban J connectivity index is 3.06. The predicted octanol–water partition coefficient (Wildman–Crippen LogP) is 2.16. The van der Waals surface area contributed by atoms with Crippen molar-refractivity contribution in [3.05, 3.63) is 0 Å². The zero-order valence-corrected chi connectivity index (χ0v) is 19.4. The van der Waals surface area contributed by atoms with Crippen molar-refractivity contribution in [1.29, 1.82) is 0 Å². The molecule has 0 radical (unpaired) electrons. The van der Waals surface area contributed by atoms with Gasteiger partial charge in [0.2, 0.25) is 5.91 Å². The zero-order valence-electron chi connectivity index (χ0n) is 17.3. The van der Waals surface area contributed by atoms with Crippen LogP contribution >= 0.6 is 22.6 Å². The molecular formula is C19H39IN2O5. The second-order valence-corrected chi connectivity index (χ2v) is 8.39. The third-order valence-electron chi connectivity index (χ3n) is 3.54. The normalized spacial score (nSPS) is 12.5. The quantitative estimate of drug-likeness (QED) is 0.151. The third-order valence-corrected chi connectivity index (χ3v) is 4.11. The van der Waals surface area contributed by atoms with Gasteiger partial charge in [-0.25, -0.2) is 0 Å². The summed E-state index contributed by atoms with van der Waals surface area (Å²) in [6, 6.07) is 0.568. The van der Waals surface area contributed by atoms with Crippen molar-refractivity contribution in [2.24, 2.45) is 0 Å². The molecule has 0 heterocycles. The summed E-state index contributed by atoms with van der Waals surface area (Å²) >= 11 is 2.08. The number of carbonyl (C=O) groups is 1. The van der Waals surface area contributed by atoms with Crippen LogP contribution in [-0.4, -0.2) is 81.8 Å². The van der Waals surface area contributed by atoms with Crippen molar-refractivity contribution in [3.8, 4) is 0 Å². The second-order valence-electron chi connectivity index (χ2n) is 6.53. The monoisotopic (exact) mass is 502 g/mol. The maximum Gasteiger partial charge on any atom is 0.232 e. The van der Waals surface area contributed by atoms with E-state index in [0.717, 1.165) is 19.6 Å². The van der Waals surface area contributed by atoms with E-state index in [0.29, 0.717) is 58.8 Å². The lowest BCUT2D eigenvalue weighted by Gasteiger charge is -2.09. The molecule has 0 saturated carbocycles. The van der Waals surface area contributed by atoms with Gasteiger partial charge in [-0.05, 0) is 32.7 Å². The second kappa shape index (κ2) is 20.7. The fourth-order valence-electron chi connectivity index (χ4n) is 2.05. The van der Waals surface area contributed by atoms with Crippen LogP contribution in [0.5, 0.6) is 0 Å². The molecule has 0 bridgehead atoms. The predicted molar refractivity (Wildman–Crippen MR) is 117 cm³/mol. The molecule has 0 fully saturated rings. The molecule has 1 atom stereocenters. The van der Waals surface area contributed by atoms with Gasteiger partial charge in [0.05, 0.1) is 50.2 Å². The van der Waals surface area contributed by atoms with Crippen LogP contribution in [0.1, 0.15) is 40.0 Å². The van der Waals surface area contributed by atoms with Crippen LogP contribution in [-0.2, 0) is 23.7 Å². The maximum absolute atomic E-state index is 11.3. The highest BCUT2D eigenvalue weighted by Gasteiger charge is 2.06. The van der Waals surface area contributed by atoms with E-state index in [4.69, 9.17) is 18.9 Å². The number of hydrogen-bond acceptors (Lipinski definition) is 6. The van der Waals surface area contributed by atoms with Gasteiger partial charge in [-0.3, -0.25) is 4.79 Å². The molecule has 1 unspecified atom stereocenters. The molecule has 0 aliphatic rings. The Morgan fingerprint density at radius 2 is 1.26 bits per heavy atom. The summed E-state index contributed by atoms with van der Waals surface area (Å²) in [6.07, 6.45) is 3.50. The molecule has 7 nitrogen and oxygen atoms in total. The van der Waals surface area contributed by atoms with E-state index in [9.17, 15) is 4.79 Å². The summed E-state index contributed by atoms with van der Waals surface area (Å²) in [5, 5.41) is 6.20. The van der Waals surface area contributed by atoms with Crippen LogP contribution in [0.25, 0.3) is 0 Å². The van der Waals surface area contributed by atoms with Gasteiger partial charge in [0.1, 0.15) is 0 Å². The first-order valence-electron chi connectivity index (χ1n) is 10.00. The molecular weight excluding hydrogens is 463 g/mol. The van der Waals surface area contributed by atoms with Crippen molar-refractivity contribution < 1.29 is 23.7 Å². The van der Waals surface area contributed by atoms with Gasteiger partial charge in [-0.15, -0.1) is 0 Å². The van der Waals surface area contributed by atoms with E-state index >= 15 is 0 Å². The highest BCUT2D eigenvalue weighted by molar-refractivity contribution is 14.1. The number of amides is 1. The summed E-state index contributed by atoms with van der Waals surface area (Å²) in [4.78, 5) is 11.3. The number of alkyl halides is 1. The van der Waals surface area contributed by atoms with Crippen LogP contribution in [0.15, 0.2) is 0 Å². The number of nitrogens with one attached hydrogen (secondary N) is 2. The number of hydrogen-bond donors (Lipinski definition) is 2. The smallest absolute Gasteiger partial charge is 0.232 e. The number of carbonyl (C=O) groups excluding carboxylic acids is 1. The molecule has 2 N–H and O–H groups in total. The minimum absolute atomic E-state index is 0.0200. The lowest BCUT2D eigenvalue weighted by atomic mass is 10.2. The summed E-state index contributed by atoms with van der Waals surface area (Å²) in [5.74, 6) is 0.0375. The first kappa shape index (κ1) is 27.0. The van der Waals surface area contributed by atoms with Crippen LogP contribution in [0.2, 0.25) is 0 Å². The molecule has 0 aliphatic heterocycles. The number of unbranched alkanes of at least 4 members (excludes halogenated alkanes) is 2. The average molecular weight is 502 g/mol. The summed E-state index contributed by atoms with van der Waals surface area (Å²) < 4.78 is 21.8. The Hall–Kier alpha value is 0.